The smallest absolute Gasteiger partial charge is 0.0708 e. The highest BCUT2D eigenvalue weighted by atomic mass is 16.3. The average molecular weight is 217 g/mol. The number of anilines is 1. The third-order valence-electron chi connectivity index (χ3n) is 2.36. The number of benzene rings is 1. The molecule has 3 N–H and O–H groups in total. The number of nitrogens with zero attached hydrogens (tertiary/aromatic N) is 2. The minimum atomic E-state index is -0.402. The molecule has 1 atom stereocenters. The van der Waals surface area contributed by atoms with Crippen LogP contribution in [0, 0.1) is 0 Å². The molecule has 0 saturated heterocycles. The van der Waals surface area contributed by atoms with Gasteiger partial charge in [-0.15, -0.1) is 0 Å². The maximum Gasteiger partial charge on any atom is 0.0708 e. The van der Waals surface area contributed by atoms with Crippen molar-refractivity contribution in [2.45, 2.75) is 19.6 Å². The molecule has 2 aromatic rings. The molecule has 0 radical (unpaired) electrons. The van der Waals surface area contributed by atoms with Gasteiger partial charge in [0.05, 0.1) is 18.8 Å². The molecule has 0 aliphatic heterocycles. The van der Waals surface area contributed by atoms with Crippen LogP contribution < -0.4 is 5.73 Å². The Kier molecular flexibility index (Phi) is 2.92. The Morgan fingerprint density at radius 1 is 1.44 bits per heavy atom. The van der Waals surface area contributed by atoms with Crippen molar-refractivity contribution in [3.8, 4) is 11.1 Å². The number of rotatable bonds is 3. The Morgan fingerprint density at radius 3 is 2.88 bits per heavy atom. The minimum absolute atomic E-state index is 0.402. The van der Waals surface area contributed by atoms with Crippen LogP contribution in [0.1, 0.15) is 6.92 Å². The summed E-state index contributed by atoms with van der Waals surface area (Å²) < 4.78 is 1.71. The van der Waals surface area contributed by atoms with Crippen LogP contribution in [-0.4, -0.2) is 21.0 Å². The molecule has 2 rings (SSSR count). The molecule has 1 aromatic heterocycles. The molecule has 1 aromatic carbocycles. The van der Waals surface area contributed by atoms with E-state index in [4.69, 9.17) is 5.73 Å². The summed E-state index contributed by atoms with van der Waals surface area (Å²) >= 11 is 0. The number of para-hydroxylation sites is 1. The van der Waals surface area contributed by atoms with Crippen LogP contribution in [0.5, 0.6) is 0 Å². The largest absolute Gasteiger partial charge is 0.398 e. The highest BCUT2D eigenvalue weighted by Gasteiger charge is 2.05. The summed E-state index contributed by atoms with van der Waals surface area (Å²) in [5.74, 6) is 0. The molecule has 0 saturated carbocycles. The van der Waals surface area contributed by atoms with Crippen molar-refractivity contribution in [2.24, 2.45) is 0 Å². The van der Waals surface area contributed by atoms with Gasteiger partial charge < -0.3 is 10.8 Å². The first-order valence-corrected chi connectivity index (χ1v) is 5.22. The third-order valence-corrected chi connectivity index (χ3v) is 2.36. The molecule has 0 fully saturated rings. The van der Waals surface area contributed by atoms with Crippen LogP contribution in [0.4, 0.5) is 5.69 Å². The molecular weight excluding hydrogens is 202 g/mol. The highest BCUT2D eigenvalue weighted by Crippen LogP contribution is 2.24. The molecule has 84 valence electrons. The van der Waals surface area contributed by atoms with Crippen LogP contribution in [0.15, 0.2) is 36.7 Å². The van der Waals surface area contributed by atoms with Gasteiger partial charge in [0.25, 0.3) is 0 Å². The lowest BCUT2D eigenvalue weighted by Crippen LogP contribution is -2.11. The summed E-state index contributed by atoms with van der Waals surface area (Å²) in [6, 6.07) is 7.66. The first kappa shape index (κ1) is 10.7. The number of hydrogen-bond donors (Lipinski definition) is 2. The highest BCUT2D eigenvalue weighted by molar-refractivity contribution is 5.75. The molecule has 0 aliphatic carbocycles. The summed E-state index contributed by atoms with van der Waals surface area (Å²) in [6.07, 6.45) is 3.24. The fourth-order valence-electron chi connectivity index (χ4n) is 1.63. The van der Waals surface area contributed by atoms with Crippen molar-refractivity contribution < 1.29 is 5.11 Å². The van der Waals surface area contributed by atoms with Gasteiger partial charge in [-0.25, -0.2) is 0 Å². The minimum Gasteiger partial charge on any atom is -0.398 e. The zero-order valence-corrected chi connectivity index (χ0v) is 9.17. The number of nitrogens with two attached hydrogens (primary N) is 1. The van der Waals surface area contributed by atoms with Crippen LogP contribution in [0.3, 0.4) is 0 Å². The van der Waals surface area contributed by atoms with Gasteiger partial charge in [0.1, 0.15) is 0 Å². The Morgan fingerprint density at radius 2 is 2.19 bits per heavy atom. The first-order valence-electron chi connectivity index (χ1n) is 5.22. The van der Waals surface area contributed by atoms with Crippen molar-refractivity contribution in [3.05, 3.63) is 36.7 Å². The van der Waals surface area contributed by atoms with Crippen molar-refractivity contribution in [1.82, 2.24) is 9.78 Å². The van der Waals surface area contributed by atoms with E-state index >= 15 is 0 Å². The van der Waals surface area contributed by atoms with E-state index in [2.05, 4.69) is 5.10 Å². The second kappa shape index (κ2) is 4.37. The van der Waals surface area contributed by atoms with E-state index in [-0.39, 0.29) is 0 Å². The Balaban J connectivity index is 2.28. The van der Waals surface area contributed by atoms with Gasteiger partial charge in [-0.05, 0) is 13.0 Å². The Labute approximate surface area is 94.3 Å². The summed E-state index contributed by atoms with van der Waals surface area (Å²) in [4.78, 5) is 0. The van der Waals surface area contributed by atoms with E-state index in [1.54, 1.807) is 17.8 Å². The summed E-state index contributed by atoms with van der Waals surface area (Å²) in [5.41, 5.74) is 8.55. The van der Waals surface area contributed by atoms with E-state index in [1.807, 2.05) is 30.5 Å². The van der Waals surface area contributed by atoms with E-state index in [0.29, 0.717) is 6.54 Å². The van der Waals surface area contributed by atoms with Crippen molar-refractivity contribution in [2.75, 3.05) is 5.73 Å². The second-order valence-electron chi connectivity index (χ2n) is 3.89. The molecule has 0 bridgehead atoms. The standard InChI is InChI=1S/C12H15N3O/c1-9(16)7-15-8-10(6-14-15)11-4-2-3-5-12(11)13/h2-6,8-9,16H,7,13H2,1H3. The number of aliphatic hydroxyl groups excluding tert-OH is 1. The molecule has 1 heterocycles. The average Bonchev–Trinajstić information content (AvgIpc) is 2.66. The number of aliphatic hydroxyl groups is 1. The summed E-state index contributed by atoms with van der Waals surface area (Å²) in [5, 5.41) is 13.4. The summed E-state index contributed by atoms with van der Waals surface area (Å²) in [6.45, 7) is 2.23. The molecular formula is C12H15N3O. The lowest BCUT2D eigenvalue weighted by Gasteiger charge is -2.03. The van der Waals surface area contributed by atoms with Gasteiger partial charge >= 0.3 is 0 Å². The third kappa shape index (κ3) is 2.23. The van der Waals surface area contributed by atoms with E-state index in [9.17, 15) is 5.11 Å². The number of nitrogen functional groups attached to an aromatic ring is 1. The quantitative estimate of drug-likeness (QED) is 0.766. The number of hydrogen-bond acceptors (Lipinski definition) is 3. The van der Waals surface area contributed by atoms with Gasteiger partial charge in [-0.1, -0.05) is 18.2 Å². The van der Waals surface area contributed by atoms with E-state index in [1.165, 1.54) is 0 Å². The van der Waals surface area contributed by atoms with E-state index in [0.717, 1.165) is 16.8 Å². The van der Waals surface area contributed by atoms with Crippen molar-refractivity contribution in [1.29, 1.82) is 0 Å². The second-order valence-corrected chi connectivity index (χ2v) is 3.89. The zero-order chi connectivity index (χ0) is 11.5. The zero-order valence-electron chi connectivity index (χ0n) is 9.17. The van der Waals surface area contributed by atoms with Crippen molar-refractivity contribution in [3.63, 3.8) is 0 Å². The fourth-order valence-corrected chi connectivity index (χ4v) is 1.63. The van der Waals surface area contributed by atoms with Crippen LogP contribution in [-0.2, 0) is 6.54 Å². The molecule has 4 nitrogen and oxygen atoms in total. The SMILES string of the molecule is CC(O)Cn1cc(-c2ccccc2N)cn1. The molecule has 0 amide bonds. The van der Waals surface area contributed by atoms with Gasteiger partial charge in [-0.3, -0.25) is 4.68 Å². The number of aromatic nitrogens is 2. The van der Waals surface area contributed by atoms with E-state index < -0.39 is 6.10 Å². The molecule has 1 unspecified atom stereocenters. The van der Waals surface area contributed by atoms with Gasteiger partial charge in [0, 0.05) is 23.0 Å². The molecule has 0 aliphatic rings. The summed E-state index contributed by atoms with van der Waals surface area (Å²) in [7, 11) is 0. The topological polar surface area (TPSA) is 64.1 Å². The van der Waals surface area contributed by atoms with Crippen LogP contribution in [0.2, 0.25) is 0 Å². The molecule has 0 spiro atoms. The normalized spacial score (nSPS) is 12.6. The maximum absolute atomic E-state index is 9.25. The van der Waals surface area contributed by atoms with Gasteiger partial charge in [-0.2, -0.15) is 5.10 Å². The van der Waals surface area contributed by atoms with Crippen LogP contribution in [0.25, 0.3) is 11.1 Å². The maximum atomic E-state index is 9.25. The van der Waals surface area contributed by atoms with Gasteiger partial charge in [0.15, 0.2) is 0 Å². The van der Waals surface area contributed by atoms with Crippen molar-refractivity contribution >= 4 is 5.69 Å². The monoisotopic (exact) mass is 217 g/mol. The Hall–Kier alpha value is -1.81. The van der Waals surface area contributed by atoms with Gasteiger partial charge in [0.2, 0.25) is 0 Å². The lowest BCUT2D eigenvalue weighted by atomic mass is 10.1. The van der Waals surface area contributed by atoms with Crippen LogP contribution >= 0.6 is 0 Å². The first-order chi connectivity index (χ1) is 7.66. The predicted octanol–water partition coefficient (Wildman–Crippen LogP) is 1.51. The molecule has 16 heavy (non-hydrogen) atoms. The molecule has 4 heteroatoms. The Bertz CT molecular complexity index is 477. The fraction of sp³-hybridized carbons (Fsp3) is 0.250. The predicted molar refractivity (Wildman–Crippen MR) is 63.8 cm³/mol. The lowest BCUT2D eigenvalue weighted by molar-refractivity contribution is 0.168.